The lowest BCUT2D eigenvalue weighted by atomic mass is 10.0. The molecule has 1 aliphatic carbocycles. The predicted molar refractivity (Wildman–Crippen MR) is 105 cm³/mol. The smallest absolute Gasteiger partial charge is 0.264 e. The van der Waals surface area contributed by atoms with E-state index in [0.29, 0.717) is 50.3 Å². The summed E-state index contributed by atoms with van der Waals surface area (Å²) >= 11 is 1.41. The highest BCUT2D eigenvalue weighted by Gasteiger charge is 2.40. The van der Waals surface area contributed by atoms with E-state index in [2.05, 4.69) is 5.32 Å². The van der Waals surface area contributed by atoms with E-state index in [0.717, 1.165) is 12.0 Å². The number of rotatable bonds is 2. The lowest BCUT2D eigenvalue weighted by Crippen LogP contribution is -2.47. The van der Waals surface area contributed by atoms with E-state index in [4.69, 9.17) is 0 Å². The van der Waals surface area contributed by atoms with Crippen LogP contribution in [-0.2, 0) is 14.8 Å². The van der Waals surface area contributed by atoms with Gasteiger partial charge in [0, 0.05) is 32.2 Å². The van der Waals surface area contributed by atoms with Crippen molar-refractivity contribution in [2.45, 2.75) is 38.6 Å². The third kappa shape index (κ3) is 4.52. The largest absolute Gasteiger partial charge is 0.354 e. The molecule has 0 bridgehead atoms. The van der Waals surface area contributed by atoms with Gasteiger partial charge in [-0.15, -0.1) is 11.3 Å². The number of hydrogen-bond acceptors (Lipinski definition) is 5. The fourth-order valence-electron chi connectivity index (χ4n) is 4.08. The van der Waals surface area contributed by atoms with Crippen LogP contribution in [-0.4, -0.2) is 67.9 Å². The van der Waals surface area contributed by atoms with Crippen LogP contribution in [0.4, 0.5) is 0 Å². The van der Waals surface area contributed by atoms with Gasteiger partial charge in [-0.1, -0.05) is 6.42 Å². The fourth-order valence-corrected chi connectivity index (χ4v) is 6.18. The molecule has 7 nitrogen and oxygen atoms in total. The average Bonchev–Trinajstić information content (AvgIpc) is 3.23. The average molecular weight is 414 g/mol. The normalized spacial score (nSPS) is 25.6. The zero-order valence-electron chi connectivity index (χ0n) is 15.8. The zero-order valence-corrected chi connectivity index (χ0v) is 17.4. The number of amides is 2. The quantitative estimate of drug-likeness (QED) is 0.795. The van der Waals surface area contributed by atoms with E-state index >= 15 is 0 Å². The first-order chi connectivity index (χ1) is 12.8. The Kier molecular flexibility index (Phi) is 6.22. The minimum Gasteiger partial charge on any atom is -0.354 e. The molecule has 27 heavy (non-hydrogen) atoms. The monoisotopic (exact) mass is 413 g/mol. The van der Waals surface area contributed by atoms with Crippen LogP contribution in [0.3, 0.4) is 0 Å². The van der Waals surface area contributed by atoms with E-state index in [-0.39, 0.29) is 23.8 Å². The number of nitrogens with one attached hydrogen (secondary N) is 1. The van der Waals surface area contributed by atoms with Gasteiger partial charge in [0.25, 0.3) is 5.91 Å². The molecule has 0 spiro atoms. The summed E-state index contributed by atoms with van der Waals surface area (Å²) in [7, 11) is -3.42. The molecule has 2 fully saturated rings. The summed E-state index contributed by atoms with van der Waals surface area (Å²) in [6, 6.07) is 1.64. The highest BCUT2D eigenvalue weighted by molar-refractivity contribution is 7.88. The lowest BCUT2D eigenvalue weighted by molar-refractivity contribution is -0.125. The van der Waals surface area contributed by atoms with Gasteiger partial charge in [-0.2, -0.15) is 4.31 Å². The second-order valence-corrected chi connectivity index (χ2v) is 10.2. The van der Waals surface area contributed by atoms with Gasteiger partial charge in [-0.05, 0) is 43.2 Å². The van der Waals surface area contributed by atoms with Crippen LogP contribution in [0.25, 0.3) is 0 Å². The zero-order chi connectivity index (χ0) is 19.6. The topological polar surface area (TPSA) is 86.8 Å². The van der Waals surface area contributed by atoms with Gasteiger partial charge in [0.05, 0.1) is 17.1 Å². The van der Waals surface area contributed by atoms with Crippen LogP contribution < -0.4 is 5.32 Å². The van der Waals surface area contributed by atoms with Gasteiger partial charge < -0.3 is 10.2 Å². The van der Waals surface area contributed by atoms with E-state index in [1.807, 2.05) is 18.4 Å². The first-order valence-corrected chi connectivity index (χ1v) is 12.1. The molecule has 1 aromatic heterocycles. The number of thiophene rings is 1. The minimum absolute atomic E-state index is 0.0536. The Balaban J connectivity index is 1.81. The Hall–Kier alpha value is -1.45. The maximum atomic E-state index is 12.9. The minimum atomic E-state index is -3.42. The van der Waals surface area contributed by atoms with Gasteiger partial charge in [-0.3, -0.25) is 9.59 Å². The molecule has 150 valence electrons. The second-order valence-electron chi connectivity index (χ2n) is 7.35. The number of carbonyl (C=O) groups excluding carboxylic acids is 2. The standard InChI is InChI=1S/C18H27N3O4S2/c1-13-7-12-26-16(13)18(23)20-9-4-10-21(27(2,24)25)15-6-3-5-14(15)17(22)19-8-11-20/h7,12,14-15H,3-6,8-11H2,1-2H3,(H,19,22). The van der Waals surface area contributed by atoms with Crippen molar-refractivity contribution in [3.05, 3.63) is 21.9 Å². The Bertz CT molecular complexity index is 805. The molecule has 1 N–H and O–H groups in total. The van der Waals surface area contributed by atoms with Gasteiger partial charge in [-0.25, -0.2) is 8.42 Å². The number of sulfonamides is 1. The number of nitrogens with zero attached hydrogens (tertiary/aromatic N) is 2. The molecule has 2 aliphatic rings. The molecule has 2 heterocycles. The molecule has 0 radical (unpaired) electrons. The van der Waals surface area contributed by atoms with Crippen molar-refractivity contribution in [3.8, 4) is 0 Å². The SMILES string of the molecule is Cc1ccsc1C(=O)N1CCCN(S(C)(=O)=O)C2CCCC2C(=O)NCC1. The number of carbonyl (C=O) groups is 2. The van der Waals surface area contributed by atoms with Gasteiger partial charge in [0.15, 0.2) is 0 Å². The van der Waals surface area contributed by atoms with Crippen LogP contribution in [0.15, 0.2) is 11.4 Å². The summed E-state index contributed by atoms with van der Waals surface area (Å²) in [5.41, 5.74) is 0.940. The molecule has 2 unspecified atom stereocenters. The van der Waals surface area contributed by atoms with Gasteiger partial charge in [0.1, 0.15) is 0 Å². The van der Waals surface area contributed by atoms with Crippen LogP contribution in [0.1, 0.15) is 40.9 Å². The Morgan fingerprint density at radius 3 is 2.67 bits per heavy atom. The fraction of sp³-hybridized carbons (Fsp3) is 0.667. The molecule has 2 atom stereocenters. The van der Waals surface area contributed by atoms with Crippen LogP contribution in [0.2, 0.25) is 0 Å². The lowest BCUT2D eigenvalue weighted by Gasteiger charge is -2.30. The Morgan fingerprint density at radius 2 is 2.00 bits per heavy atom. The number of aryl methyl sites for hydroxylation is 1. The van der Waals surface area contributed by atoms with Crippen molar-refractivity contribution >= 4 is 33.2 Å². The molecule has 1 saturated heterocycles. The van der Waals surface area contributed by atoms with Crippen molar-refractivity contribution in [1.29, 1.82) is 0 Å². The van der Waals surface area contributed by atoms with Crippen molar-refractivity contribution in [2.24, 2.45) is 5.92 Å². The third-order valence-electron chi connectivity index (χ3n) is 5.44. The number of fused-ring (bicyclic) bond motifs is 1. The summed E-state index contributed by atoms with van der Waals surface area (Å²) in [6.45, 7) is 3.52. The van der Waals surface area contributed by atoms with Crippen LogP contribution in [0, 0.1) is 12.8 Å². The van der Waals surface area contributed by atoms with Crippen LogP contribution >= 0.6 is 11.3 Å². The van der Waals surface area contributed by atoms with Crippen LogP contribution in [0.5, 0.6) is 0 Å². The highest BCUT2D eigenvalue weighted by atomic mass is 32.2. The summed E-state index contributed by atoms with van der Waals surface area (Å²) in [5.74, 6) is -0.462. The van der Waals surface area contributed by atoms with Crippen molar-refractivity contribution in [1.82, 2.24) is 14.5 Å². The first-order valence-electron chi connectivity index (χ1n) is 9.37. The third-order valence-corrected chi connectivity index (χ3v) is 7.75. The first kappa shape index (κ1) is 20.3. The molecular weight excluding hydrogens is 386 g/mol. The van der Waals surface area contributed by atoms with Gasteiger partial charge in [0.2, 0.25) is 15.9 Å². The van der Waals surface area contributed by atoms with Crippen molar-refractivity contribution < 1.29 is 18.0 Å². The summed E-state index contributed by atoms with van der Waals surface area (Å²) in [4.78, 5) is 27.9. The van der Waals surface area contributed by atoms with Crippen molar-refractivity contribution in [2.75, 3.05) is 32.4 Å². The summed E-state index contributed by atoms with van der Waals surface area (Å²) < 4.78 is 26.2. The second kappa shape index (κ2) is 8.28. The molecule has 3 rings (SSSR count). The van der Waals surface area contributed by atoms with Gasteiger partial charge >= 0.3 is 0 Å². The molecule has 2 amide bonds. The molecule has 1 aromatic rings. The summed E-state index contributed by atoms with van der Waals surface area (Å²) in [6.07, 6.45) is 4.04. The molecule has 1 saturated carbocycles. The van der Waals surface area contributed by atoms with Crippen molar-refractivity contribution in [3.63, 3.8) is 0 Å². The highest BCUT2D eigenvalue weighted by Crippen LogP contribution is 2.32. The molecule has 1 aliphatic heterocycles. The summed E-state index contributed by atoms with van der Waals surface area (Å²) in [5, 5.41) is 4.81. The molecule has 9 heteroatoms. The van der Waals surface area contributed by atoms with E-state index < -0.39 is 10.0 Å². The Labute approximate surface area is 164 Å². The molecular formula is C18H27N3O4S2. The number of hydrogen-bond donors (Lipinski definition) is 1. The Morgan fingerprint density at radius 1 is 1.22 bits per heavy atom. The van der Waals surface area contributed by atoms with E-state index in [9.17, 15) is 18.0 Å². The predicted octanol–water partition coefficient (Wildman–Crippen LogP) is 1.45. The maximum Gasteiger partial charge on any atom is 0.264 e. The molecule has 0 aromatic carbocycles. The van der Waals surface area contributed by atoms with E-state index in [1.165, 1.54) is 21.9 Å². The maximum absolute atomic E-state index is 12.9. The van der Waals surface area contributed by atoms with E-state index in [1.54, 1.807) is 4.90 Å².